The Morgan fingerprint density at radius 3 is 1.86 bits per heavy atom. The average Bonchev–Trinajstić information content (AvgIpc) is 3.26. The van der Waals surface area contributed by atoms with Gasteiger partial charge in [-0.15, -0.1) is 0 Å². The van der Waals surface area contributed by atoms with E-state index >= 15 is 4.39 Å². The maximum absolute atomic E-state index is 16.4. The lowest BCUT2D eigenvalue weighted by Crippen LogP contribution is -2.03. The minimum atomic E-state index is -0.774. The van der Waals surface area contributed by atoms with Crippen LogP contribution in [0.25, 0.3) is 44.3 Å². The molecule has 6 heteroatoms. The Balaban J connectivity index is 2.00. The van der Waals surface area contributed by atoms with E-state index in [1.54, 1.807) is 31.4 Å². The fourth-order valence-corrected chi connectivity index (χ4v) is 4.38. The lowest BCUT2D eigenvalue weighted by molar-refractivity contribution is 0.0569. The van der Waals surface area contributed by atoms with Gasteiger partial charge in [0.1, 0.15) is 5.75 Å². The molecule has 2 N–H and O–H groups in total. The maximum Gasteiger partial charge on any atom is 0.376 e. The first-order valence-electron chi connectivity index (χ1n) is 11.0. The van der Waals surface area contributed by atoms with E-state index in [2.05, 4.69) is 0 Å². The zero-order valence-electron chi connectivity index (χ0n) is 19.2. The number of hydrogen-bond donors (Lipinski definition) is 1. The largest absolute Gasteiger partial charge is 0.497 e. The molecule has 0 amide bonds. The van der Waals surface area contributed by atoms with Gasteiger partial charge in [0.25, 0.3) is 0 Å². The van der Waals surface area contributed by atoms with Gasteiger partial charge in [-0.3, -0.25) is 0 Å². The number of halogens is 1. The van der Waals surface area contributed by atoms with E-state index in [4.69, 9.17) is 19.6 Å². The van der Waals surface area contributed by atoms with Gasteiger partial charge < -0.3 is 19.6 Å². The second kappa shape index (κ2) is 8.99. The Morgan fingerprint density at radius 2 is 1.31 bits per heavy atom. The third kappa shape index (κ3) is 3.69. The van der Waals surface area contributed by atoms with Crippen molar-refractivity contribution in [2.45, 2.75) is 0 Å². The Kier molecular flexibility index (Phi) is 5.71. The summed E-state index contributed by atoms with van der Waals surface area (Å²) >= 11 is 0. The molecule has 1 aromatic heterocycles. The first-order chi connectivity index (χ1) is 17.0. The molecule has 5 aromatic rings. The second-order valence-corrected chi connectivity index (χ2v) is 7.94. The molecular formula is C29H22FNO4. The molecule has 0 saturated heterocycles. The summed E-state index contributed by atoms with van der Waals surface area (Å²) in [7, 11) is 2.80. The number of ether oxygens (including phenoxy) is 2. The van der Waals surface area contributed by atoms with Crippen LogP contribution in [-0.4, -0.2) is 20.2 Å². The summed E-state index contributed by atoms with van der Waals surface area (Å²) in [5.41, 5.74) is 10.2. The number of carbonyl (C=O) groups is 1. The van der Waals surface area contributed by atoms with E-state index in [0.29, 0.717) is 33.4 Å². The van der Waals surface area contributed by atoms with Crippen LogP contribution < -0.4 is 10.5 Å². The molecular weight excluding hydrogens is 445 g/mol. The van der Waals surface area contributed by atoms with Gasteiger partial charge in [0.15, 0.2) is 11.4 Å². The Morgan fingerprint density at radius 1 is 0.771 bits per heavy atom. The van der Waals surface area contributed by atoms with Crippen LogP contribution in [0.5, 0.6) is 5.75 Å². The highest BCUT2D eigenvalue weighted by Crippen LogP contribution is 2.49. The van der Waals surface area contributed by atoms with Gasteiger partial charge >= 0.3 is 5.97 Å². The van der Waals surface area contributed by atoms with Crippen molar-refractivity contribution in [3.8, 4) is 39.1 Å². The van der Waals surface area contributed by atoms with Crippen LogP contribution in [0, 0.1) is 5.82 Å². The first kappa shape index (κ1) is 22.2. The van der Waals surface area contributed by atoms with E-state index in [1.807, 2.05) is 60.7 Å². The Hall–Kier alpha value is -4.58. The molecule has 0 aliphatic rings. The molecule has 4 aromatic carbocycles. The fraction of sp³-hybridized carbons (Fsp3) is 0.0690. The topological polar surface area (TPSA) is 74.7 Å². The van der Waals surface area contributed by atoms with Crippen LogP contribution in [0.4, 0.5) is 10.1 Å². The molecule has 0 unspecified atom stereocenters. The van der Waals surface area contributed by atoms with E-state index in [-0.39, 0.29) is 17.0 Å². The van der Waals surface area contributed by atoms with Gasteiger partial charge in [-0.1, -0.05) is 72.8 Å². The summed E-state index contributed by atoms with van der Waals surface area (Å²) in [5.74, 6) is -0.977. The molecule has 35 heavy (non-hydrogen) atoms. The number of fused-ring (bicyclic) bond motifs is 1. The summed E-state index contributed by atoms with van der Waals surface area (Å²) in [6.45, 7) is 0. The lowest BCUT2D eigenvalue weighted by Gasteiger charge is -2.19. The van der Waals surface area contributed by atoms with Crippen molar-refractivity contribution in [1.29, 1.82) is 0 Å². The summed E-state index contributed by atoms with van der Waals surface area (Å²) < 4.78 is 32.3. The number of rotatable bonds is 5. The molecule has 0 spiro atoms. The van der Waals surface area contributed by atoms with Crippen molar-refractivity contribution in [2.75, 3.05) is 20.0 Å². The van der Waals surface area contributed by atoms with Crippen molar-refractivity contribution in [2.24, 2.45) is 0 Å². The van der Waals surface area contributed by atoms with Gasteiger partial charge in [0.2, 0.25) is 5.76 Å². The number of nitrogens with two attached hydrogens (primary N) is 1. The van der Waals surface area contributed by atoms with E-state index in [0.717, 1.165) is 11.1 Å². The molecule has 0 radical (unpaired) electrons. The summed E-state index contributed by atoms with van der Waals surface area (Å²) in [6.07, 6.45) is 0. The zero-order chi connectivity index (χ0) is 24.5. The predicted molar refractivity (Wildman–Crippen MR) is 135 cm³/mol. The fourth-order valence-electron chi connectivity index (χ4n) is 4.38. The number of furan rings is 1. The van der Waals surface area contributed by atoms with Crippen molar-refractivity contribution in [1.82, 2.24) is 0 Å². The molecule has 0 saturated carbocycles. The standard InChI is InChI=1S/C29H22FNO4/c1-33-20-15-13-19(14-16-20)23-21(17-9-5-3-6-10-17)22(18-11-7-4-8-12-18)24-26(31)28(29(32)34-2)35-27(24)25(23)30/h3-16H,31H2,1-2H3. The first-order valence-corrected chi connectivity index (χ1v) is 11.0. The summed E-state index contributed by atoms with van der Waals surface area (Å²) in [5, 5.41) is 0.324. The van der Waals surface area contributed by atoms with E-state index in [1.165, 1.54) is 7.11 Å². The van der Waals surface area contributed by atoms with Crippen molar-refractivity contribution in [3.63, 3.8) is 0 Å². The average molecular weight is 467 g/mol. The van der Waals surface area contributed by atoms with Gasteiger partial charge in [-0.25, -0.2) is 9.18 Å². The van der Waals surface area contributed by atoms with E-state index in [9.17, 15) is 4.79 Å². The van der Waals surface area contributed by atoms with Gasteiger partial charge in [-0.2, -0.15) is 0 Å². The third-order valence-corrected chi connectivity index (χ3v) is 5.99. The number of methoxy groups -OCH3 is 2. The third-order valence-electron chi connectivity index (χ3n) is 5.99. The van der Waals surface area contributed by atoms with Gasteiger partial charge in [-0.05, 0) is 28.8 Å². The monoisotopic (exact) mass is 467 g/mol. The molecule has 0 bridgehead atoms. The SMILES string of the molecule is COC(=O)c1oc2c(F)c(-c3ccc(OC)cc3)c(-c3ccccc3)c(-c3ccccc3)c2c1N. The smallest absolute Gasteiger partial charge is 0.376 e. The van der Waals surface area contributed by atoms with Crippen LogP contribution in [-0.2, 0) is 4.74 Å². The van der Waals surface area contributed by atoms with Crippen LogP contribution in [0.15, 0.2) is 89.3 Å². The second-order valence-electron chi connectivity index (χ2n) is 7.94. The van der Waals surface area contributed by atoms with Crippen LogP contribution >= 0.6 is 0 Å². The number of anilines is 1. The highest BCUT2D eigenvalue weighted by molar-refractivity contribution is 6.16. The van der Waals surface area contributed by atoms with Gasteiger partial charge in [0.05, 0.1) is 25.3 Å². The van der Waals surface area contributed by atoms with Crippen molar-refractivity contribution < 1.29 is 23.1 Å². The maximum atomic E-state index is 16.4. The number of nitrogen functional groups attached to an aromatic ring is 1. The van der Waals surface area contributed by atoms with Crippen molar-refractivity contribution in [3.05, 3.63) is 96.5 Å². The zero-order valence-corrected chi connectivity index (χ0v) is 19.2. The summed E-state index contributed by atoms with van der Waals surface area (Å²) in [4.78, 5) is 12.4. The molecule has 5 nitrogen and oxygen atoms in total. The molecule has 0 atom stereocenters. The normalized spacial score (nSPS) is 10.9. The van der Waals surface area contributed by atoms with Gasteiger partial charge in [0, 0.05) is 16.7 Å². The number of carbonyl (C=O) groups excluding carboxylic acids is 1. The lowest BCUT2D eigenvalue weighted by atomic mass is 9.84. The number of esters is 1. The molecule has 0 aliphatic heterocycles. The van der Waals surface area contributed by atoms with Crippen LogP contribution in [0.3, 0.4) is 0 Å². The molecule has 0 fully saturated rings. The van der Waals surface area contributed by atoms with Crippen LogP contribution in [0.1, 0.15) is 10.6 Å². The Labute approximate surface area is 201 Å². The minimum Gasteiger partial charge on any atom is -0.497 e. The van der Waals surface area contributed by atoms with E-state index < -0.39 is 11.8 Å². The quantitative estimate of drug-likeness (QED) is 0.283. The summed E-state index contributed by atoms with van der Waals surface area (Å²) in [6, 6.07) is 26.1. The number of hydrogen-bond acceptors (Lipinski definition) is 5. The molecule has 5 rings (SSSR count). The highest BCUT2D eigenvalue weighted by Gasteiger charge is 2.30. The molecule has 0 aliphatic carbocycles. The predicted octanol–water partition coefficient (Wildman–Crippen LogP) is 6.95. The van der Waals surface area contributed by atoms with Crippen LogP contribution in [0.2, 0.25) is 0 Å². The molecule has 1 heterocycles. The Bertz CT molecular complexity index is 1530. The van der Waals surface area contributed by atoms with Crippen molar-refractivity contribution >= 4 is 22.6 Å². The minimum absolute atomic E-state index is 0.0306. The highest BCUT2D eigenvalue weighted by atomic mass is 19.1. The number of benzene rings is 4. The molecule has 174 valence electrons.